The van der Waals surface area contributed by atoms with Crippen LogP contribution >= 0.6 is 0 Å². The second kappa shape index (κ2) is 4.16. The molecular weight excluding hydrogens is 226 g/mol. The number of hydrogen-bond acceptors (Lipinski definition) is 3. The van der Waals surface area contributed by atoms with E-state index in [9.17, 15) is 0 Å². The maximum absolute atomic E-state index is 5.53. The molecule has 98 valence electrons. The molecule has 1 N–H and O–H groups in total. The van der Waals surface area contributed by atoms with Crippen LogP contribution in [-0.4, -0.2) is 13.3 Å². The van der Waals surface area contributed by atoms with E-state index in [0.29, 0.717) is 12.7 Å². The first-order valence-electron chi connectivity index (χ1n) is 6.79. The van der Waals surface area contributed by atoms with Crippen molar-refractivity contribution in [2.45, 2.75) is 45.1 Å². The van der Waals surface area contributed by atoms with Crippen molar-refractivity contribution in [3.63, 3.8) is 0 Å². The summed E-state index contributed by atoms with van der Waals surface area (Å²) in [5.74, 6) is 2.28. The summed E-state index contributed by atoms with van der Waals surface area (Å²) in [6.07, 6.45) is 2.43. The van der Waals surface area contributed by atoms with E-state index in [4.69, 9.17) is 9.47 Å². The molecule has 0 amide bonds. The van der Waals surface area contributed by atoms with E-state index in [1.807, 2.05) is 0 Å². The number of hydrogen-bond donors (Lipinski definition) is 1. The van der Waals surface area contributed by atoms with Gasteiger partial charge in [-0.25, -0.2) is 0 Å². The monoisotopic (exact) mass is 247 g/mol. The molecule has 0 aliphatic carbocycles. The number of nitrogens with one attached hydrogen (secondary N) is 1. The molecule has 3 rings (SSSR count). The lowest BCUT2D eigenvalue weighted by Gasteiger charge is -2.29. The number of fused-ring (bicyclic) bond motifs is 1. The van der Waals surface area contributed by atoms with Gasteiger partial charge >= 0.3 is 0 Å². The molecule has 3 nitrogen and oxygen atoms in total. The van der Waals surface area contributed by atoms with Crippen molar-refractivity contribution < 1.29 is 9.47 Å². The minimum absolute atomic E-state index is 0.0839. The Bertz CT molecular complexity index is 462. The van der Waals surface area contributed by atoms with Crippen LogP contribution in [0.2, 0.25) is 0 Å². The Balaban J connectivity index is 2.12. The Morgan fingerprint density at radius 3 is 2.56 bits per heavy atom. The van der Waals surface area contributed by atoms with E-state index in [2.05, 4.69) is 38.2 Å². The fourth-order valence-corrected chi connectivity index (χ4v) is 3.04. The van der Waals surface area contributed by atoms with Gasteiger partial charge in [0.1, 0.15) is 0 Å². The molecule has 2 aliphatic rings. The smallest absolute Gasteiger partial charge is 0.231 e. The van der Waals surface area contributed by atoms with Crippen LogP contribution in [0.5, 0.6) is 11.5 Å². The molecule has 0 aromatic heterocycles. The summed E-state index contributed by atoms with van der Waals surface area (Å²) in [5.41, 5.74) is 2.83. The zero-order valence-electron chi connectivity index (χ0n) is 11.4. The molecule has 1 aromatic rings. The van der Waals surface area contributed by atoms with Crippen LogP contribution in [0.4, 0.5) is 0 Å². The van der Waals surface area contributed by atoms with Crippen LogP contribution in [0.1, 0.15) is 50.7 Å². The molecule has 1 atom stereocenters. The fraction of sp³-hybridized carbons (Fsp3) is 0.600. The highest BCUT2D eigenvalue weighted by Gasteiger charge is 2.34. The SMILES string of the molecule is CC(C)c1cc2c(cc1C1(C)CCCN1)OCO2. The summed E-state index contributed by atoms with van der Waals surface area (Å²) in [6.45, 7) is 8.21. The van der Waals surface area contributed by atoms with Gasteiger partial charge in [0.2, 0.25) is 6.79 Å². The first-order chi connectivity index (χ1) is 8.60. The average Bonchev–Trinajstić information content (AvgIpc) is 2.95. The lowest BCUT2D eigenvalue weighted by molar-refractivity contribution is 0.174. The second-order valence-electron chi connectivity index (χ2n) is 5.81. The number of ether oxygens (including phenoxy) is 2. The van der Waals surface area contributed by atoms with Crippen LogP contribution in [0.3, 0.4) is 0 Å². The Hall–Kier alpha value is -1.22. The molecule has 1 fully saturated rings. The minimum Gasteiger partial charge on any atom is -0.454 e. The van der Waals surface area contributed by atoms with Crippen LogP contribution in [0, 0.1) is 0 Å². The van der Waals surface area contributed by atoms with Gasteiger partial charge in [-0.2, -0.15) is 0 Å². The predicted octanol–water partition coefficient (Wildman–Crippen LogP) is 3.14. The highest BCUT2D eigenvalue weighted by Crippen LogP contribution is 2.43. The molecule has 1 aromatic carbocycles. The summed E-state index contributed by atoms with van der Waals surface area (Å²) in [6, 6.07) is 4.34. The van der Waals surface area contributed by atoms with Crippen LogP contribution in [-0.2, 0) is 5.54 Å². The zero-order chi connectivity index (χ0) is 12.8. The molecule has 2 aliphatic heterocycles. The third-order valence-electron chi connectivity index (χ3n) is 4.13. The molecule has 3 heteroatoms. The van der Waals surface area contributed by atoms with Crippen molar-refractivity contribution in [2.75, 3.05) is 13.3 Å². The van der Waals surface area contributed by atoms with Gasteiger partial charge < -0.3 is 14.8 Å². The maximum atomic E-state index is 5.53. The Kier molecular flexibility index (Phi) is 2.74. The van der Waals surface area contributed by atoms with Gasteiger partial charge in [-0.1, -0.05) is 13.8 Å². The lowest BCUT2D eigenvalue weighted by atomic mass is 9.83. The highest BCUT2D eigenvalue weighted by atomic mass is 16.7. The molecule has 0 bridgehead atoms. The van der Waals surface area contributed by atoms with Gasteiger partial charge in [0.25, 0.3) is 0 Å². The molecule has 0 spiro atoms. The number of rotatable bonds is 2. The molecule has 18 heavy (non-hydrogen) atoms. The predicted molar refractivity (Wildman–Crippen MR) is 71.2 cm³/mol. The van der Waals surface area contributed by atoms with E-state index in [1.165, 1.54) is 24.0 Å². The van der Waals surface area contributed by atoms with Crippen molar-refractivity contribution in [1.29, 1.82) is 0 Å². The summed E-state index contributed by atoms with van der Waals surface area (Å²) >= 11 is 0. The lowest BCUT2D eigenvalue weighted by Crippen LogP contribution is -2.34. The number of benzene rings is 1. The molecule has 1 unspecified atom stereocenters. The summed E-state index contributed by atoms with van der Waals surface area (Å²) in [7, 11) is 0. The summed E-state index contributed by atoms with van der Waals surface area (Å²) in [4.78, 5) is 0. The maximum Gasteiger partial charge on any atom is 0.231 e. The van der Waals surface area contributed by atoms with Gasteiger partial charge in [0.15, 0.2) is 11.5 Å². The van der Waals surface area contributed by atoms with E-state index in [-0.39, 0.29) is 5.54 Å². The molecule has 1 saturated heterocycles. The Labute approximate surface area is 108 Å². The van der Waals surface area contributed by atoms with Crippen LogP contribution in [0.15, 0.2) is 12.1 Å². The summed E-state index contributed by atoms with van der Waals surface area (Å²) < 4.78 is 11.0. The van der Waals surface area contributed by atoms with E-state index < -0.39 is 0 Å². The molecule has 0 radical (unpaired) electrons. The van der Waals surface area contributed by atoms with E-state index >= 15 is 0 Å². The van der Waals surface area contributed by atoms with Gasteiger partial charge in [-0.05, 0) is 55.5 Å². The van der Waals surface area contributed by atoms with Crippen molar-refractivity contribution in [3.05, 3.63) is 23.3 Å². The average molecular weight is 247 g/mol. The first-order valence-corrected chi connectivity index (χ1v) is 6.79. The highest BCUT2D eigenvalue weighted by molar-refractivity contribution is 5.52. The quantitative estimate of drug-likeness (QED) is 0.871. The van der Waals surface area contributed by atoms with Crippen LogP contribution in [0.25, 0.3) is 0 Å². The molecular formula is C15H21NO2. The topological polar surface area (TPSA) is 30.5 Å². The largest absolute Gasteiger partial charge is 0.454 e. The van der Waals surface area contributed by atoms with E-state index in [1.54, 1.807) is 0 Å². The normalized spacial score (nSPS) is 26.0. The first kappa shape index (κ1) is 11.8. The van der Waals surface area contributed by atoms with Crippen molar-refractivity contribution in [2.24, 2.45) is 0 Å². The molecule has 0 saturated carbocycles. The zero-order valence-corrected chi connectivity index (χ0v) is 11.4. The van der Waals surface area contributed by atoms with Gasteiger partial charge in [-0.15, -0.1) is 0 Å². The Morgan fingerprint density at radius 1 is 1.22 bits per heavy atom. The van der Waals surface area contributed by atoms with Crippen molar-refractivity contribution in [3.8, 4) is 11.5 Å². The van der Waals surface area contributed by atoms with Crippen molar-refractivity contribution >= 4 is 0 Å². The third kappa shape index (κ3) is 1.77. The van der Waals surface area contributed by atoms with Gasteiger partial charge in [0.05, 0.1) is 0 Å². The minimum atomic E-state index is 0.0839. The summed E-state index contributed by atoms with van der Waals surface area (Å²) in [5, 5.41) is 3.64. The second-order valence-corrected chi connectivity index (χ2v) is 5.81. The molecule has 2 heterocycles. The van der Waals surface area contributed by atoms with Crippen LogP contribution < -0.4 is 14.8 Å². The van der Waals surface area contributed by atoms with E-state index in [0.717, 1.165) is 18.0 Å². The fourth-order valence-electron chi connectivity index (χ4n) is 3.04. The van der Waals surface area contributed by atoms with Crippen molar-refractivity contribution in [1.82, 2.24) is 5.32 Å². The standard InChI is InChI=1S/C15H21NO2/c1-10(2)11-7-13-14(18-9-17-13)8-12(11)15(3)5-4-6-16-15/h7-8,10,16H,4-6,9H2,1-3H3. The van der Waals surface area contributed by atoms with Gasteiger partial charge in [0, 0.05) is 5.54 Å². The third-order valence-corrected chi connectivity index (χ3v) is 4.13. The Morgan fingerprint density at radius 2 is 1.94 bits per heavy atom. The van der Waals surface area contributed by atoms with Gasteiger partial charge in [-0.3, -0.25) is 0 Å².